The lowest BCUT2D eigenvalue weighted by Crippen LogP contribution is -2.04. The first kappa shape index (κ1) is 23.3. The number of aromatic nitrogens is 1. The molecular formula is C21H22ClFN2O2S2. The molecule has 0 saturated carbocycles. The van der Waals surface area contributed by atoms with E-state index < -0.39 is 11.8 Å². The minimum atomic E-state index is -0.870. The van der Waals surface area contributed by atoms with E-state index in [-0.39, 0.29) is 5.02 Å². The Balaban J connectivity index is 0.000000207. The molecule has 0 aliphatic heterocycles. The Kier molecular flexibility index (Phi) is 9.10. The lowest BCUT2D eigenvalue weighted by molar-refractivity contribution is 0.0696. The van der Waals surface area contributed by atoms with Gasteiger partial charge in [-0.2, -0.15) is 0 Å². The fourth-order valence-corrected chi connectivity index (χ4v) is 3.98. The van der Waals surface area contributed by atoms with Crippen LogP contribution in [0.1, 0.15) is 34.1 Å². The van der Waals surface area contributed by atoms with Gasteiger partial charge in [0.05, 0.1) is 10.6 Å². The van der Waals surface area contributed by atoms with Crippen molar-refractivity contribution in [1.29, 1.82) is 0 Å². The minimum Gasteiger partial charge on any atom is -0.478 e. The van der Waals surface area contributed by atoms with Gasteiger partial charge in [-0.05, 0) is 68.1 Å². The molecule has 8 heteroatoms. The van der Waals surface area contributed by atoms with Gasteiger partial charge in [0.25, 0.3) is 0 Å². The van der Waals surface area contributed by atoms with Crippen LogP contribution in [-0.4, -0.2) is 22.6 Å². The molecule has 0 radical (unpaired) electrons. The molecule has 0 amide bonds. The number of nitrogens with one attached hydrogen (secondary N) is 1. The average Bonchev–Trinajstić information content (AvgIpc) is 3.12. The van der Waals surface area contributed by atoms with E-state index >= 15 is 0 Å². The Hall–Kier alpha value is -1.93. The molecule has 2 N–H and O–H groups in total. The number of carboxylic acids is 1. The summed E-state index contributed by atoms with van der Waals surface area (Å²) in [5.41, 5.74) is 2.02. The van der Waals surface area contributed by atoms with E-state index in [2.05, 4.69) is 16.6 Å². The lowest BCUT2D eigenvalue weighted by Gasteiger charge is -2.05. The largest absolute Gasteiger partial charge is 0.478 e. The van der Waals surface area contributed by atoms with Crippen LogP contribution in [0.3, 0.4) is 0 Å². The van der Waals surface area contributed by atoms with Crippen molar-refractivity contribution in [3.05, 3.63) is 69.4 Å². The summed E-state index contributed by atoms with van der Waals surface area (Å²) in [6, 6.07) is 10.1. The summed E-state index contributed by atoms with van der Waals surface area (Å²) >= 11 is 8.71. The first-order valence-electron chi connectivity index (χ1n) is 8.93. The third-order valence-electron chi connectivity index (χ3n) is 3.77. The van der Waals surface area contributed by atoms with Crippen molar-refractivity contribution in [3.8, 4) is 10.6 Å². The van der Waals surface area contributed by atoms with Crippen LogP contribution in [-0.2, 0) is 0 Å². The number of hydrogen-bond acceptors (Lipinski definition) is 5. The molecule has 0 atom stereocenters. The fourth-order valence-electron chi connectivity index (χ4n) is 2.25. The van der Waals surface area contributed by atoms with E-state index in [4.69, 9.17) is 16.7 Å². The quantitative estimate of drug-likeness (QED) is 0.325. The van der Waals surface area contributed by atoms with E-state index in [0.29, 0.717) is 5.56 Å². The highest BCUT2D eigenvalue weighted by atomic mass is 35.5. The molecule has 4 nitrogen and oxygen atoms in total. The predicted molar refractivity (Wildman–Crippen MR) is 120 cm³/mol. The first-order chi connectivity index (χ1) is 13.8. The van der Waals surface area contributed by atoms with E-state index in [1.54, 1.807) is 42.7 Å². The Labute approximate surface area is 183 Å². The molecule has 154 valence electrons. The summed E-state index contributed by atoms with van der Waals surface area (Å²) in [5, 5.41) is 9.93. The third kappa shape index (κ3) is 7.12. The highest BCUT2D eigenvalue weighted by Gasteiger charge is 2.08. The van der Waals surface area contributed by atoms with Crippen molar-refractivity contribution in [3.63, 3.8) is 0 Å². The molecule has 3 aromatic rings. The maximum absolute atomic E-state index is 12.9. The zero-order chi connectivity index (χ0) is 21.4. The standard InChI is InChI=1S/C11H15NO2S.C10H7ClFNS/c1-3-6-12-15-9-5-4-8(2)10(7-9)11(13)14;1-6-5-13-10(14-6)7-2-3-9(12)8(11)4-7/h4-5,7,12H,3,6H2,1-2H3,(H,13,14);2-5H,1H3. The Morgan fingerprint density at radius 3 is 2.62 bits per heavy atom. The SMILES string of the molecule is CCCNSc1ccc(C)c(C(=O)O)c1.Cc1cnc(-c2ccc(F)c(Cl)c2)s1. The van der Waals surface area contributed by atoms with Crippen molar-refractivity contribution in [2.75, 3.05) is 6.54 Å². The van der Waals surface area contributed by atoms with Crippen LogP contribution >= 0.6 is 34.9 Å². The average molecular weight is 453 g/mol. The number of nitrogens with zero attached hydrogens (tertiary/aromatic N) is 1. The van der Waals surface area contributed by atoms with Gasteiger partial charge in [-0.25, -0.2) is 14.2 Å². The number of benzene rings is 2. The smallest absolute Gasteiger partial charge is 0.335 e. The summed E-state index contributed by atoms with van der Waals surface area (Å²) in [5.74, 6) is -1.27. The van der Waals surface area contributed by atoms with Crippen LogP contribution in [0, 0.1) is 19.7 Å². The summed E-state index contributed by atoms with van der Waals surface area (Å²) in [6.45, 7) is 6.79. The van der Waals surface area contributed by atoms with Crippen LogP contribution < -0.4 is 4.72 Å². The molecule has 0 spiro atoms. The second-order valence-corrected chi connectivity index (χ2v) is 8.79. The maximum Gasteiger partial charge on any atom is 0.335 e. The van der Waals surface area contributed by atoms with E-state index in [1.165, 1.54) is 18.0 Å². The number of aromatic carboxylic acids is 1. The molecular weight excluding hydrogens is 431 g/mol. The molecule has 3 rings (SSSR count). The van der Waals surface area contributed by atoms with Crippen molar-refractivity contribution >= 4 is 40.9 Å². The number of carbonyl (C=O) groups is 1. The topological polar surface area (TPSA) is 62.2 Å². The van der Waals surface area contributed by atoms with Gasteiger partial charge < -0.3 is 5.11 Å². The summed E-state index contributed by atoms with van der Waals surface area (Å²) < 4.78 is 16.0. The summed E-state index contributed by atoms with van der Waals surface area (Å²) in [6.07, 6.45) is 2.85. The normalized spacial score (nSPS) is 10.4. The molecule has 0 fully saturated rings. The van der Waals surface area contributed by atoms with Crippen LogP contribution in [0.2, 0.25) is 5.02 Å². The van der Waals surface area contributed by atoms with Crippen molar-refractivity contribution in [1.82, 2.24) is 9.71 Å². The minimum absolute atomic E-state index is 0.135. The number of thiazole rings is 1. The van der Waals surface area contributed by atoms with E-state index in [1.807, 2.05) is 19.1 Å². The second-order valence-electron chi connectivity index (χ2n) is 6.18. The predicted octanol–water partition coefficient (Wildman–Crippen LogP) is 6.61. The highest BCUT2D eigenvalue weighted by molar-refractivity contribution is 7.97. The monoisotopic (exact) mass is 452 g/mol. The Morgan fingerprint density at radius 1 is 1.28 bits per heavy atom. The Morgan fingerprint density at radius 2 is 2.03 bits per heavy atom. The third-order valence-corrected chi connectivity index (χ3v) is 5.86. The first-order valence-corrected chi connectivity index (χ1v) is 10.9. The van der Waals surface area contributed by atoms with Crippen molar-refractivity contribution in [2.24, 2.45) is 0 Å². The van der Waals surface area contributed by atoms with Crippen LogP contribution in [0.4, 0.5) is 4.39 Å². The number of hydrogen-bond donors (Lipinski definition) is 2. The number of halogens is 2. The van der Waals surface area contributed by atoms with Crippen LogP contribution in [0.15, 0.2) is 47.5 Å². The van der Waals surface area contributed by atoms with Gasteiger partial charge >= 0.3 is 5.97 Å². The zero-order valence-corrected chi connectivity index (χ0v) is 18.7. The number of carboxylic acid groups (broad SMARTS) is 1. The summed E-state index contributed by atoms with van der Waals surface area (Å²) in [4.78, 5) is 17.1. The molecule has 0 saturated heterocycles. The molecule has 0 bridgehead atoms. The van der Waals surface area contributed by atoms with E-state index in [0.717, 1.165) is 38.9 Å². The van der Waals surface area contributed by atoms with Crippen molar-refractivity contribution < 1.29 is 14.3 Å². The van der Waals surface area contributed by atoms with Gasteiger partial charge in [0, 0.05) is 28.1 Å². The maximum atomic E-state index is 12.9. The zero-order valence-electron chi connectivity index (χ0n) is 16.3. The van der Waals surface area contributed by atoms with Crippen LogP contribution in [0.5, 0.6) is 0 Å². The molecule has 1 heterocycles. The molecule has 0 unspecified atom stereocenters. The van der Waals surface area contributed by atoms with Gasteiger partial charge in [-0.3, -0.25) is 4.72 Å². The van der Waals surface area contributed by atoms with E-state index in [9.17, 15) is 9.18 Å². The molecule has 29 heavy (non-hydrogen) atoms. The lowest BCUT2D eigenvalue weighted by atomic mass is 10.1. The Bertz CT molecular complexity index is 979. The molecule has 0 aliphatic carbocycles. The number of rotatable bonds is 6. The van der Waals surface area contributed by atoms with Gasteiger partial charge in [-0.1, -0.05) is 24.6 Å². The number of aryl methyl sites for hydroxylation is 2. The van der Waals surface area contributed by atoms with Crippen molar-refractivity contribution in [2.45, 2.75) is 32.1 Å². The fraction of sp³-hybridized carbons (Fsp3) is 0.238. The summed E-state index contributed by atoms with van der Waals surface area (Å²) in [7, 11) is 0. The van der Waals surface area contributed by atoms with Gasteiger partial charge in [-0.15, -0.1) is 11.3 Å². The van der Waals surface area contributed by atoms with Gasteiger partial charge in [0.15, 0.2) is 0 Å². The van der Waals surface area contributed by atoms with Crippen LogP contribution in [0.25, 0.3) is 10.6 Å². The molecule has 1 aromatic heterocycles. The van der Waals surface area contributed by atoms with Gasteiger partial charge in [0.1, 0.15) is 10.8 Å². The highest BCUT2D eigenvalue weighted by Crippen LogP contribution is 2.28. The second kappa shape index (κ2) is 11.3. The molecule has 2 aromatic carbocycles. The molecule has 0 aliphatic rings. The van der Waals surface area contributed by atoms with Gasteiger partial charge in [0.2, 0.25) is 0 Å².